The van der Waals surface area contributed by atoms with E-state index >= 15 is 0 Å². The number of fused-ring (bicyclic) bond motifs is 1. The van der Waals surface area contributed by atoms with Crippen LogP contribution in [-0.4, -0.2) is 12.6 Å². The minimum atomic E-state index is -0.286. The zero-order valence-corrected chi connectivity index (χ0v) is 11.8. The first kappa shape index (κ1) is 12.7. The molecule has 0 unspecified atom stereocenters. The van der Waals surface area contributed by atoms with Crippen molar-refractivity contribution in [2.45, 2.75) is 19.8 Å². The summed E-state index contributed by atoms with van der Waals surface area (Å²) in [5.74, 6) is -0.286. The van der Waals surface area contributed by atoms with Crippen LogP contribution >= 0.6 is 27.5 Å². The van der Waals surface area contributed by atoms with E-state index in [1.165, 1.54) is 0 Å². The smallest absolute Gasteiger partial charge is 0.331 e. The molecule has 0 radical (unpaired) electrons. The number of esters is 1. The lowest BCUT2D eigenvalue weighted by atomic mass is 10.1. The fourth-order valence-electron chi connectivity index (χ4n) is 2.01. The van der Waals surface area contributed by atoms with Gasteiger partial charge in [-0.25, -0.2) is 4.79 Å². The maximum Gasteiger partial charge on any atom is 0.331 e. The zero-order valence-electron chi connectivity index (χ0n) is 9.43. The fourth-order valence-corrected chi connectivity index (χ4v) is 2.92. The topological polar surface area (TPSA) is 26.3 Å². The van der Waals surface area contributed by atoms with Crippen LogP contribution < -0.4 is 0 Å². The zero-order chi connectivity index (χ0) is 12.4. The molecule has 4 heteroatoms. The second kappa shape index (κ2) is 5.23. The molecule has 0 spiro atoms. The van der Waals surface area contributed by atoms with Crippen molar-refractivity contribution in [1.29, 1.82) is 0 Å². The van der Waals surface area contributed by atoms with Gasteiger partial charge in [-0.2, -0.15) is 0 Å². The van der Waals surface area contributed by atoms with Gasteiger partial charge in [0.1, 0.15) is 0 Å². The third-order valence-corrected chi connectivity index (χ3v) is 3.52. The molecule has 0 saturated carbocycles. The van der Waals surface area contributed by atoms with Crippen LogP contribution in [0.4, 0.5) is 0 Å². The van der Waals surface area contributed by atoms with Crippen molar-refractivity contribution in [3.63, 3.8) is 0 Å². The highest BCUT2D eigenvalue weighted by atomic mass is 79.9. The molecular weight excluding hydrogens is 303 g/mol. The van der Waals surface area contributed by atoms with Gasteiger partial charge < -0.3 is 4.74 Å². The largest absolute Gasteiger partial charge is 0.463 e. The highest BCUT2D eigenvalue weighted by molar-refractivity contribution is 9.10. The van der Waals surface area contributed by atoms with Gasteiger partial charge in [0.15, 0.2) is 0 Å². The van der Waals surface area contributed by atoms with Gasteiger partial charge in [-0.15, -0.1) is 0 Å². The summed E-state index contributed by atoms with van der Waals surface area (Å²) in [6, 6.07) is 3.88. The Morgan fingerprint density at radius 1 is 1.53 bits per heavy atom. The van der Waals surface area contributed by atoms with Gasteiger partial charge in [0.2, 0.25) is 0 Å². The van der Waals surface area contributed by atoms with Crippen LogP contribution in [0, 0.1) is 0 Å². The minimum absolute atomic E-state index is 0.286. The molecule has 1 aromatic carbocycles. The molecular formula is C13H12BrClO2. The first-order valence-electron chi connectivity index (χ1n) is 5.47. The number of halogens is 2. The van der Waals surface area contributed by atoms with E-state index < -0.39 is 0 Å². The Labute approximate surface area is 114 Å². The number of carbonyl (C=O) groups excluding carboxylic acids is 1. The number of ether oxygens (including phenoxy) is 1. The van der Waals surface area contributed by atoms with Crippen molar-refractivity contribution < 1.29 is 9.53 Å². The lowest BCUT2D eigenvalue weighted by Crippen LogP contribution is -2.00. The van der Waals surface area contributed by atoms with Crippen molar-refractivity contribution >= 4 is 39.1 Å². The molecule has 1 aliphatic rings. The molecule has 0 saturated heterocycles. The van der Waals surface area contributed by atoms with E-state index in [9.17, 15) is 4.79 Å². The molecule has 90 valence electrons. The number of hydrogen-bond acceptors (Lipinski definition) is 2. The predicted octanol–water partition coefficient (Wildman–Crippen LogP) is 4.00. The summed E-state index contributed by atoms with van der Waals surface area (Å²) in [4.78, 5) is 11.4. The summed E-state index contributed by atoms with van der Waals surface area (Å²) in [5, 5.41) is 0.752. The molecule has 0 aliphatic heterocycles. The van der Waals surface area contributed by atoms with E-state index in [0.29, 0.717) is 6.61 Å². The van der Waals surface area contributed by atoms with Crippen LogP contribution in [0.25, 0.3) is 5.57 Å². The number of rotatable bonds is 2. The molecule has 1 aliphatic carbocycles. The SMILES string of the molecule is CCOC(=O)/C=C1\CCc2c(Cl)cc(Br)cc21. The lowest BCUT2D eigenvalue weighted by molar-refractivity contribution is -0.137. The Kier molecular flexibility index (Phi) is 3.89. The van der Waals surface area contributed by atoms with Crippen molar-refractivity contribution in [2.75, 3.05) is 6.61 Å². The molecule has 0 aromatic heterocycles. The first-order chi connectivity index (χ1) is 8.11. The summed E-state index contributed by atoms with van der Waals surface area (Å²) in [7, 11) is 0. The van der Waals surface area contributed by atoms with Gasteiger partial charge in [-0.3, -0.25) is 0 Å². The molecule has 0 N–H and O–H groups in total. The Balaban J connectivity index is 2.36. The predicted molar refractivity (Wildman–Crippen MR) is 72.1 cm³/mol. The number of hydrogen-bond donors (Lipinski definition) is 0. The van der Waals surface area contributed by atoms with Crippen molar-refractivity contribution in [3.05, 3.63) is 38.8 Å². The molecule has 0 bridgehead atoms. The second-order valence-electron chi connectivity index (χ2n) is 3.84. The van der Waals surface area contributed by atoms with E-state index in [4.69, 9.17) is 16.3 Å². The van der Waals surface area contributed by atoms with Gasteiger partial charge in [-0.05, 0) is 48.6 Å². The van der Waals surface area contributed by atoms with Gasteiger partial charge >= 0.3 is 5.97 Å². The number of carbonyl (C=O) groups is 1. The molecule has 17 heavy (non-hydrogen) atoms. The van der Waals surface area contributed by atoms with Crippen LogP contribution in [0.15, 0.2) is 22.7 Å². The maximum atomic E-state index is 11.4. The summed E-state index contributed by atoms with van der Waals surface area (Å²) in [5.41, 5.74) is 3.17. The van der Waals surface area contributed by atoms with Gasteiger partial charge in [0.25, 0.3) is 0 Å². The average molecular weight is 316 g/mol. The normalized spacial score (nSPS) is 16.1. The van der Waals surface area contributed by atoms with Crippen LogP contribution in [-0.2, 0) is 16.0 Å². The summed E-state index contributed by atoms with van der Waals surface area (Å²) in [6.07, 6.45) is 3.29. The third kappa shape index (κ3) is 2.72. The summed E-state index contributed by atoms with van der Waals surface area (Å²) >= 11 is 9.58. The van der Waals surface area contributed by atoms with Gasteiger partial charge in [0, 0.05) is 15.6 Å². The van der Waals surface area contributed by atoms with Crippen molar-refractivity contribution in [2.24, 2.45) is 0 Å². The average Bonchev–Trinajstić information content (AvgIpc) is 2.62. The second-order valence-corrected chi connectivity index (χ2v) is 5.16. The van der Waals surface area contributed by atoms with Gasteiger partial charge in [0.05, 0.1) is 6.61 Å². The van der Waals surface area contributed by atoms with E-state index in [1.807, 2.05) is 12.1 Å². The third-order valence-electron chi connectivity index (χ3n) is 2.73. The van der Waals surface area contributed by atoms with E-state index in [2.05, 4.69) is 15.9 Å². The number of allylic oxidation sites excluding steroid dienone is 1. The summed E-state index contributed by atoms with van der Waals surface area (Å²) < 4.78 is 5.85. The molecule has 0 heterocycles. The van der Waals surface area contributed by atoms with E-state index in [-0.39, 0.29) is 5.97 Å². The summed E-state index contributed by atoms with van der Waals surface area (Å²) in [6.45, 7) is 2.20. The van der Waals surface area contributed by atoms with Crippen LogP contribution in [0.5, 0.6) is 0 Å². The highest BCUT2D eigenvalue weighted by Crippen LogP contribution is 2.38. The fraction of sp³-hybridized carbons (Fsp3) is 0.308. The van der Waals surface area contributed by atoms with Crippen LogP contribution in [0.1, 0.15) is 24.5 Å². The Hall–Kier alpha value is -0.800. The standard InChI is InChI=1S/C13H12BrClO2/c1-2-17-13(16)5-8-3-4-10-11(8)6-9(14)7-12(10)15/h5-7H,2-4H2,1H3/b8-5+. The highest BCUT2D eigenvalue weighted by Gasteiger charge is 2.20. The molecule has 2 nitrogen and oxygen atoms in total. The number of benzene rings is 1. The molecule has 0 atom stereocenters. The molecule has 1 aromatic rings. The Morgan fingerprint density at radius 2 is 2.29 bits per heavy atom. The van der Waals surface area contributed by atoms with Gasteiger partial charge in [-0.1, -0.05) is 27.5 Å². The monoisotopic (exact) mass is 314 g/mol. The maximum absolute atomic E-state index is 11.4. The van der Waals surface area contributed by atoms with Crippen LogP contribution in [0.2, 0.25) is 5.02 Å². The quantitative estimate of drug-likeness (QED) is 0.609. The first-order valence-corrected chi connectivity index (χ1v) is 6.64. The Bertz CT molecular complexity index is 494. The molecule has 0 amide bonds. The molecule has 2 rings (SSSR count). The van der Waals surface area contributed by atoms with E-state index in [1.54, 1.807) is 13.0 Å². The minimum Gasteiger partial charge on any atom is -0.463 e. The molecule has 0 fully saturated rings. The lowest BCUT2D eigenvalue weighted by Gasteiger charge is -2.04. The van der Waals surface area contributed by atoms with E-state index in [0.717, 1.165) is 39.0 Å². The van der Waals surface area contributed by atoms with Crippen molar-refractivity contribution in [3.8, 4) is 0 Å². The van der Waals surface area contributed by atoms with Crippen LogP contribution in [0.3, 0.4) is 0 Å². The van der Waals surface area contributed by atoms with Crippen molar-refractivity contribution in [1.82, 2.24) is 0 Å². The Morgan fingerprint density at radius 3 is 3.00 bits per heavy atom.